The standard InChI is InChI=1S/C17H14N2O2/c1-11-14(17(20)21)16(12-5-3-2-4-6-12)19-15(11)13-7-9-18-10-8-13/h2-10,19H,1H3,(H,20,21). The fourth-order valence-electron chi connectivity index (χ4n) is 2.49. The highest BCUT2D eigenvalue weighted by Gasteiger charge is 2.21. The first-order chi connectivity index (χ1) is 10.2. The first kappa shape index (κ1) is 13.1. The van der Waals surface area contributed by atoms with E-state index in [0.717, 1.165) is 22.4 Å². The number of carbonyl (C=O) groups is 1. The Labute approximate surface area is 122 Å². The number of nitrogens with one attached hydrogen (secondary N) is 1. The summed E-state index contributed by atoms with van der Waals surface area (Å²) < 4.78 is 0. The van der Waals surface area contributed by atoms with E-state index in [1.165, 1.54) is 0 Å². The van der Waals surface area contributed by atoms with Crippen molar-refractivity contribution < 1.29 is 9.90 Å². The number of nitrogens with zero attached hydrogens (tertiary/aromatic N) is 1. The van der Waals surface area contributed by atoms with E-state index in [1.54, 1.807) is 12.4 Å². The van der Waals surface area contributed by atoms with Crippen LogP contribution in [0.15, 0.2) is 54.9 Å². The van der Waals surface area contributed by atoms with E-state index in [1.807, 2.05) is 49.4 Å². The summed E-state index contributed by atoms with van der Waals surface area (Å²) in [5.74, 6) is -0.928. The van der Waals surface area contributed by atoms with Crippen molar-refractivity contribution in [2.45, 2.75) is 6.92 Å². The molecule has 4 heteroatoms. The van der Waals surface area contributed by atoms with Crippen LogP contribution in [0.5, 0.6) is 0 Å². The smallest absolute Gasteiger partial charge is 0.338 e. The van der Waals surface area contributed by atoms with Crippen molar-refractivity contribution >= 4 is 5.97 Å². The third kappa shape index (κ3) is 2.31. The molecule has 0 saturated heterocycles. The monoisotopic (exact) mass is 278 g/mol. The number of carboxylic acids is 1. The molecule has 21 heavy (non-hydrogen) atoms. The molecule has 1 aromatic carbocycles. The Balaban J connectivity index is 2.24. The molecular weight excluding hydrogens is 264 g/mol. The predicted molar refractivity (Wildman–Crippen MR) is 81.2 cm³/mol. The third-order valence-corrected chi connectivity index (χ3v) is 3.50. The first-order valence-corrected chi connectivity index (χ1v) is 6.60. The number of aromatic amines is 1. The quantitative estimate of drug-likeness (QED) is 0.766. The van der Waals surface area contributed by atoms with Gasteiger partial charge < -0.3 is 10.1 Å². The summed E-state index contributed by atoms with van der Waals surface area (Å²) in [6.45, 7) is 1.82. The highest BCUT2D eigenvalue weighted by molar-refractivity contribution is 5.99. The zero-order chi connectivity index (χ0) is 14.8. The van der Waals surface area contributed by atoms with Crippen LogP contribution in [0.3, 0.4) is 0 Å². The van der Waals surface area contributed by atoms with Crippen LogP contribution in [-0.4, -0.2) is 21.0 Å². The van der Waals surface area contributed by atoms with Crippen LogP contribution in [0.4, 0.5) is 0 Å². The van der Waals surface area contributed by atoms with Crippen LogP contribution in [0.1, 0.15) is 15.9 Å². The molecular formula is C17H14N2O2. The molecule has 0 aliphatic heterocycles. The summed E-state index contributed by atoms with van der Waals surface area (Å²) in [6.07, 6.45) is 3.39. The van der Waals surface area contributed by atoms with Gasteiger partial charge in [0.25, 0.3) is 0 Å². The molecule has 3 aromatic rings. The van der Waals surface area contributed by atoms with E-state index in [-0.39, 0.29) is 0 Å². The van der Waals surface area contributed by atoms with Crippen molar-refractivity contribution in [3.63, 3.8) is 0 Å². The Kier molecular flexibility index (Phi) is 3.28. The molecule has 0 bridgehead atoms. The van der Waals surface area contributed by atoms with Crippen molar-refractivity contribution in [3.8, 4) is 22.5 Å². The van der Waals surface area contributed by atoms with Crippen molar-refractivity contribution in [1.29, 1.82) is 0 Å². The minimum absolute atomic E-state index is 0.313. The van der Waals surface area contributed by atoms with Crippen LogP contribution in [0.2, 0.25) is 0 Å². The molecule has 104 valence electrons. The van der Waals surface area contributed by atoms with Gasteiger partial charge in [-0.1, -0.05) is 30.3 Å². The number of H-pyrrole nitrogens is 1. The number of hydrogen-bond acceptors (Lipinski definition) is 2. The van der Waals surface area contributed by atoms with Gasteiger partial charge in [0, 0.05) is 23.7 Å². The highest BCUT2D eigenvalue weighted by atomic mass is 16.4. The lowest BCUT2D eigenvalue weighted by molar-refractivity contribution is 0.0697. The maximum atomic E-state index is 11.6. The van der Waals surface area contributed by atoms with Gasteiger partial charge in [-0.15, -0.1) is 0 Å². The Hall–Kier alpha value is -2.88. The lowest BCUT2D eigenvalue weighted by atomic mass is 10.0. The fraction of sp³-hybridized carbons (Fsp3) is 0.0588. The minimum atomic E-state index is -0.928. The number of aromatic nitrogens is 2. The molecule has 0 atom stereocenters. The SMILES string of the molecule is Cc1c(-c2ccncc2)[nH]c(-c2ccccc2)c1C(=O)O. The molecule has 2 heterocycles. The minimum Gasteiger partial charge on any atom is -0.478 e. The average molecular weight is 278 g/mol. The van der Waals surface area contributed by atoms with Crippen LogP contribution in [-0.2, 0) is 0 Å². The van der Waals surface area contributed by atoms with Crippen LogP contribution in [0, 0.1) is 6.92 Å². The predicted octanol–water partition coefficient (Wildman–Crippen LogP) is 3.75. The van der Waals surface area contributed by atoms with Crippen LogP contribution in [0.25, 0.3) is 22.5 Å². The van der Waals surface area contributed by atoms with Crippen LogP contribution < -0.4 is 0 Å². The number of hydrogen-bond donors (Lipinski definition) is 2. The Bertz CT molecular complexity index is 777. The summed E-state index contributed by atoms with van der Waals surface area (Å²) in [4.78, 5) is 18.9. The van der Waals surface area contributed by atoms with Gasteiger partial charge in [0.15, 0.2) is 0 Å². The molecule has 0 amide bonds. The zero-order valence-corrected chi connectivity index (χ0v) is 11.5. The maximum absolute atomic E-state index is 11.6. The number of rotatable bonds is 3. The van der Waals surface area contributed by atoms with Gasteiger partial charge in [-0.3, -0.25) is 4.98 Å². The number of pyridine rings is 1. The summed E-state index contributed by atoms with van der Waals surface area (Å²) in [7, 11) is 0. The van der Waals surface area contributed by atoms with Gasteiger partial charge >= 0.3 is 5.97 Å². The summed E-state index contributed by atoms with van der Waals surface area (Å²) in [6, 6.07) is 13.2. The number of benzene rings is 1. The van der Waals surface area contributed by atoms with Crippen LogP contribution >= 0.6 is 0 Å². The molecule has 2 aromatic heterocycles. The molecule has 0 aliphatic carbocycles. The lowest BCUT2D eigenvalue weighted by Gasteiger charge is -2.00. The van der Waals surface area contributed by atoms with Gasteiger partial charge in [-0.05, 0) is 30.2 Å². The molecule has 4 nitrogen and oxygen atoms in total. The molecule has 0 saturated carbocycles. The molecule has 0 spiro atoms. The lowest BCUT2D eigenvalue weighted by Crippen LogP contribution is -1.99. The molecule has 0 fully saturated rings. The second kappa shape index (κ2) is 5.25. The average Bonchev–Trinajstić information content (AvgIpc) is 2.87. The van der Waals surface area contributed by atoms with Gasteiger partial charge in [-0.2, -0.15) is 0 Å². The van der Waals surface area contributed by atoms with Crippen molar-refractivity contribution in [1.82, 2.24) is 9.97 Å². The normalized spacial score (nSPS) is 10.5. The van der Waals surface area contributed by atoms with E-state index in [0.29, 0.717) is 11.3 Å². The Morgan fingerprint density at radius 3 is 2.24 bits per heavy atom. The van der Waals surface area contributed by atoms with E-state index in [9.17, 15) is 9.90 Å². The number of carboxylic acid groups (broad SMARTS) is 1. The summed E-state index contributed by atoms with van der Waals surface area (Å²) in [5, 5.41) is 9.54. The second-order valence-electron chi connectivity index (χ2n) is 4.78. The molecule has 0 radical (unpaired) electrons. The zero-order valence-electron chi connectivity index (χ0n) is 11.5. The summed E-state index contributed by atoms with van der Waals surface area (Å²) in [5.41, 5.74) is 4.27. The molecule has 0 unspecified atom stereocenters. The molecule has 2 N–H and O–H groups in total. The first-order valence-electron chi connectivity index (χ1n) is 6.60. The Morgan fingerprint density at radius 1 is 1.00 bits per heavy atom. The summed E-state index contributed by atoms with van der Waals surface area (Å²) >= 11 is 0. The highest BCUT2D eigenvalue weighted by Crippen LogP contribution is 2.33. The van der Waals surface area contributed by atoms with E-state index < -0.39 is 5.97 Å². The third-order valence-electron chi connectivity index (χ3n) is 3.50. The van der Waals surface area contributed by atoms with Gasteiger partial charge in [0.05, 0.1) is 11.3 Å². The second-order valence-corrected chi connectivity index (χ2v) is 4.78. The maximum Gasteiger partial charge on any atom is 0.338 e. The number of aromatic carboxylic acids is 1. The van der Waals surface area contributed by atoms with Crippen molar-refractivity contribution in [3.05, 3.63) is 66.0 Å². The largest absolute Gasteiger partial charge is 0.478 e. The molecule has 3 rings (SSSR count). The van der Waals surface area contributed by atoms with E-state index >= 15 is 0 Å². The fourth-order valence-corrected chi connectivity index (χ4v) is 2.49. The topological polar surface area (TPSA) is 66.0 Å². The van der Waals surface area contributed by atoms with E-state index in [4.69, 9.17) is 0 Å². The van der Waals surface area contributed by atoms with Gasteiger partial charge in [0.2, 0.25) is 0 Å². The Morgan fingerprint density at radius 2 is 1.62 bits per heavy atom. The van der Waals surface area contributed by atoms with E-state index in [2.05, 4.69) is 9.97 Å². The molecule has 0 aliphatic rings. The van der Waals surface area contributed by atoms with Crippen molar-refractivity contribution in [2.24, 2.45) is 0 Å². The van der Waals surface area contributed by atoms with Gasteiger partial charge in [0.1, 0.15) is 0 Å². The van der Waals surface area contributed by atoms with Crippen molar-refractivity contribution in [2.75, 3.05) is 0 Å². The van der Waals surface area contributed by atoms with Gasteiger partial charge in [-0.25, -0.2) is 4.79 Å².